The predicted molar refractivity (Wildman–Crippen MR) is 118 cm³/mol. The van der Waals surface area contributed by atoms with Crippen LogP contribution in [0, 0.1) is 20.8 Å². The zero-order chi connectivity index (χ0) is 19.7. The highest BCUT2D eigenvalue weighted by atomic mass is 32.1. The summed E-state index contributed by atoms with van der Waals surface area (Å²) in [6.07, 6.45) is 3.96. The highest BCUT2D eigenvalue weighted by Crippen LogP contribution is 2.35. The van der Waals surface area contributed by atoms with Crippen LogP contribution in [0.5, 0.6) is 0 Å². The van der Waals surface area contributed by atoms with Gasteiger partial charge >= 0.3 is 0 Å². The van der Waals surface area contributed by atoms with Crippen molar-refractivity contribution in [3.05, 3.63) is 93.9 Å². The summed E-state index contributed by atoms with van der Waals surface area (Å²) in [5.41, 5.74) is 7.39. The molecule has 4 heteroatoms. The van der Waals surface area contributed by atoms with E-state index in [2.05, 4.69) is 48.0 Å². The number of aryl methyl sites for hydroxylation is 3. The van der Waals surface area contributed by atoms with Crippen LogP contribution in [0.25, 0.3) is 16.8 Å². The van der Waals surface area contributed by atoms with Gasteiger partial charge in [0.1, 0.15) is 4.88 Å². The topological polar surface area (TPSA) is 34.0 Å². The quantitative estimate of drug-likeness (QED) is 0.434. The molecule has 0 aliphatic carbocycles. The number of anilines is 1. The molecular formula is C24H22N2OS. The molecule has 28 heavy (non-hydrogen) atoms. The maximum absolute atomic E-state index is 13.1. The zero-order valence-electron chi connectivity index (χ0n) is 16.2. The minimum absolute atomic E-state index is 0.0861. The number of thiophene rings is 1. The predicted octanol–water partition coefficient (Wildman–Crippen LogP) is 6.38. The molecule has 0 unspecified atom stereocenters. The second-order valence-electron chi connectivity index (χ2n) is 7.11. The molecule has 0 aliphatic rings. The zero-order valence-corrected chi connectivity index (χ0v) is 17.0. The Morgan fingerprint density at radius 3 is 2.18 bits per heavy atom. The van der Waals surface area contributed by atoms with Gasteiger partial charge in [0.15, 0.2) is 0 Å². The van der Waals surface area contributed by atoms with Gasteiger partial charge in [0.2, 0.25) is 0 Å². The first-order chi connectivity index (χ1) is 13.5. The van der Waals surface area contributed by atoms with Crippen molar-refractivity contribution in [3.63, 3.8) is 0 Å². The van der Waals surface area contributed by atoms with Gasteiger partial charge in [-0.25, -0.2) is 0 Å². The first-order valence-electron chi connectivity index (χ1n) is 9.23. The molecule has 140 valence electrons. The van der Waals surface area contributed by atoms with Crippen molar-refractivity contribution in [2.24, 2.45) is 0 Å². The smallest absolute Gasteiger partial charge is 0.267 e. The summed E-state index contributed by atoms with van der Waals surface area (Å²) >= 11 is 1.48. The van der Waals surface area contributed by atoms with E-state index in [1.54, 1.807) is 0 Å². The van der Waals surface area contributed by atoms with E-state index in [1.165, 1.54) is 16.9 Å². The minimum atomic E-state index is -0.0861. The van der Waals surface area contributed by atoms with Crippen LogP contribution < -0.4 is 5.32 Å². The third-order valence-electron chi connectivity index (χ3n) is 4.68. The van der Waals surface area contributed by atoms with E-state index in [9.17, 15) is 4.79 Å². The molecule has 2 aromatic heterocycles. The van der Waals surface area contributed by atoms with E-state index in [0.29, 0.717) is 4.88 Å². The monoisotopic (exact) mass is 386 g/mol. The van der Waals surface area contributed by atoms with Crippen molar-refractivity contribution in [2.45, 2.75) is 20.8 Å². The fourth-order valence-corrected chi connectivity index (χ4v) is 4.39. The summed E-state index contributed by atoms with van der Waals surface area (Å²) < 4.78 is 2.02. The van der Waals surface area contributed by atoms with Crippen LogP contribution in [0.2, 0.25) is 0 Å². The number of hydrogen-bond donors (Lipinski definition) is 1. The molecule has 0 spiro atoms. The number of hydrogen-bond acceptors (Lipinski definition) is 2. The Balaban J connectivity index is 1.76. The first-order valence-corrected chi connectivity index (χ1v) is 10.1. The van der Waals surface area contributed by atoms with Crippen molar-refractivity contribution < 1.29 is 4.79 Å². The fourth-order valence-electron chi connectivity index (χ4n) is 3.43. The van der Waals surface area contributed by atoms with E-state index in [-0.39, 0.29) is 5.91 Å². The van der Waals surface area contributed by atoms with Gasteiger partial charge < -0.3 is 9.88 Å². The van der Waals surface area contributed by atoms with Crippen molar-refractivity contribution >= 4 is 22.9 Å². The van der Waals surface area contributed by atoms with Crippen molar-refractivity contribution in [1.82, 2.24) is 4.57 Å². The Hall–Kier alpha value is -3.11. The third kappa shape index (κ3) is 3.64. The van der Waals surface area contributed by atoms with E-state index >= 15 is 0 Å². The van der Waals surface area contributed by atoms with Gasteiger partial charge in [-0.05, 0) is 61.7 Å². The molecule has 1 amide bonds. The van der Waals surface area contributed by atoms with Crippen molar-refractivity contribution in [3.8, 4) is 16.8 Å². The number of amides is 1. The Labute approximate surface area is 169 Å². The molecule has 3 nitrogen and oxygen atoms in total. The van der Waals surface area contributed by atoms with Gasteiger partial charge in [-0.2, -0.15) is 0 Å². The van der Waals surface area contributed by atoms with Gasteiger partial charge in [-0.3, -0.25) is 4.79 Å². The lowest BCUT2D eigenvalue weighted by Gasteiger charge is -2.11. The summed E-state index contributed by atoms with van der Waals surface area (Å²) in [5, 5.41) is 5.14. The van der Waals surface area contributed by atoms with Gasteiger partial charge in [0, 0.05) is 29.0 Å². The molecule has 4 aromatic rings. The van der Waals surface area contributed by atoms with Crippen molar-refractivity contribution in [2.75, 3.05) is 5.32 Å². The molecule has 2 aromatic carbocycles. The molecule has 2 heterocycles. The molecule has 0 fully saturated rings. The number of nitrogens with zero attached hydrogens (tertiary/aromatic N) is 1. The Kier molecular flexibility index (Phi) is 4.88. The Morgan fingerprint density at radius 1 is 0.893 bits per heavy atom. The number of rotatable bonds is 4. The van der Waals surface area contributed by atoms with Crippen LogP contribution in [0.1, 0.15) is 26.4 Å². The number of carbonyl (C=O) groups is 1. The number of benzene rings is 2. The number of aromatic nitrogens is 1. The van der Waals surface area contributed by atoms with E-state index in [4.69, 9.17) is 0 Å². The molecule has 1 N–H and O–H groups in total. The number of nitrogens with one attached hydrogen (secondary N) is 1. The minimum Gasteiger partial charge on any atom is -0.322 e. The molecular weight excluding hydrogens is 364 g/mol. The van der Waals surface area contributed by atoms with Gasteiger partial charge in [0.25, 0.3) is 5.91 Å². The van der Waals surface area contributed by atoms with Crippen molar-refractivity contribution in [1.29, 1.82) is 0 Å². The molecule has 0 atom stereocenters. The summed E-state index contributed by atoms with van der Waals surface area (Å²) in [4.78, 5) is 13.8. The first kappa shape index (κ1) is 18.3. The third-order valence-corrected chi connectivity index (χ3v) is 5.64. The summed E-state index contributed by atoms with van der Waals surface area (Å²) in [5.74, 6) is -0.0861. The van der Waals surface area contributed by atoms with Crippen LogP contribution in [-0.2, 0) is 0 Å². The van der Waals surface area contributed by atoms with Gasteiger partial charge in [-0.15, -0.1) is 11.3 Å². The molecule has 0 saturated carbocycles. The van der Waals surface area contributed by atoms with Gasteiger partial charge in [-0.1, -0.05) is 35.9 Å². The summed E-state index contributed by atoms with van der Waals surface area (Å²) in [6, 6.07) is 18.4. The van der Waals surface area contributed by atoms with Crippen LogP contribution in [-0.4, -0.2) is 10.5 Å². The average Bonchev–Trinajstić information content (AvgIpc) is 3.31. The highest BCUT2D eigenvalue weighted by molar-refractivity contribution is 7.13. The fraction of sp³-hybridized carbons (Fsp3) is 0.125. The molecule has 0 radical (unpaired) electrons. The van der Waals surface area contributed by atoms with E-state index < -0.39 is 0 Å². The second kappa shape index (κ2) is 7.49. The standard InChI is InChI=1S/C24H22N2OS/c1-16-6-8-19(9-7-16)21-15-28-23(22(21)26-10-4-5-11-26)24(27)25-20-13-17(2)12-18(3)14-20/h4-15H,1-3H3,(H,25,27). The lowest BCUT2D eigenvalue weighted by Crippen LogP contribution is -2.13. The van der Waals surface area contributed by atoms with E-state index in [1.807, 2.05) is 55.1 Å². The molecule has 0 aliphatic heterocycles. The maximum atomic E-state index is 13.1. The molecule has 4 rings (SSSR count). The summed E-state index contributed by atoms with van der Waals surface area (Å²) in [6.45, 7) is 6.15. The lowest BCUT2D eigenvalue weighted by atomic mass is 10.0. The highest BCUT2D eigenvalue weighted by Gasteiger charge is 2.20. The SMILES string of the molecule is Cc1ccc(-c2csc(C(=O)Nc3cc(C)cc(C)c3)c2-n2cccc2)cc1. The lowest BCUT2D eigenvalue weighted by molar-refractivity contribution is 0.103. The van der Waals surface area contributed by atoms with Gasteiger partial charge in [0.05, 0.1) is 5.69 Å². The number of carbonyl (C=O) groups excluding carboxylic acids is 1. The largest absolute Gasteiger partial charge is 0.322 e. The van der Waals surface area contributed by atoms with Crippen LogP contribution >= 0.6 is 11.3 Å². The Morgan fingerprint density at radius 2 is 1.54 bits per heavy atom. The van der Waals surface area contributed by atoms with Crippen LogP contribution in [0.3, 0.4) is 0 Å². The van der Waals surface area contributed by atoms with E-state index in [0.717, 1.165) is 33.6 Å². The molecule has 0 saturated heterocycles. The summed E-state index contributed by atoms with van der Waals surface area (Å²) in [7, 11) is 0. The average molecular weight is 387 g/mol. The second-order valence-corrected chi connectivity index (χ2v) is 7.99. The van der Waals surface area contributed by atoms with Crippen LogP contribution in [0.4, 0.5) is 5.69 Å². The van der Waals surface area contributed by atoms with Crippen LogP contribution in [0.15, 0.2) is 72.4 Å². The maximum Gasteiger partial charge on any atom is 0.267 e. The Bertz CT molecular complexity index is 1100. The molecule has 0 bridgehead atoms. The normalized spacial score (nSPS) is 10.8.